The van der Waals surface area contributed by atoms with Crippen LogP contribution in [0.1, 0.15) is 39.5 Å². The Morgan fingerprint density at radius 1 is 1.38 bits per heavy atom. The fourth-order valence-corrected chi connectivity index (χ4v) is 2.59. The number of aromatic nitrogens is 2. The van der Waals surface area contributed by atoms with Crippen LogP contribution in [0.3, 0.4) is 0 Å². The Morgan fingerprint density at radius 2 is 2.12 bits per heavy atom. The van der Waals surface area contributed by atoms with E-state index in [2.05, 4.69) is 29.1 Å². The topological polar surface area (TPSA) is 37.8 Å². The summed E-state index contributed by atoms with van der Waals surface area (Å²) < 4.78 is 0. The van der Waals surface area contributed by atoms with Crippen molar-refractivity contribution in [3.63, 3.8) is 0 Å². The molecule has 1 N–H and O–H groups in total. The van der Waals surface area contributed by atoms with Gasteiger partial charge in [0.05, 0.1) is 0 Å². The Kier molecular flexibility index (Phi) is 3.33. The van der Waals surface area contributed by atoms with Crippen LogP contribution >= 0.6 is 11.6 Å². The summed E-state index contributed by atoms with van der Waals surface area (Å²) >= 11 is 5.98. The van der Waals surface area contributed by atoms with Gasteiger partial charge in [-0.1, -0.05) is 31.9 Å². The quantitative estimate of drug-likeness (QED) is 0.858. The van der Waals surface area contributed by atoms with Crippen LogP contribution in [0.5, 0.6) is 0 Å². The molecule has 1 aliphatic rings. The normalized spacial score (nSPS) is 24.1. The lowest BCUT2D eigenvalue weighted by atomic mass is 9.75. The van der Waals surface area contributed by atoms with E-state index in [0.717, 1.165) is 0 Å². The van der Waals surface area contributed by atoms with Gasteiger partial charge in [0.15, 0.2) is 11.0 Å². The van der Waals surface area contributed by atoms with Crippen molar-refractivity contribution in [3.05, 3.63) is 17.5 Å². The highest BCUT2D eigenvalue weighted by molar-refractivity contribution is 6.31. The van der Waals surface area contributed by atoms with E-state index in [1.54, 1.807) is 12.4 Å². The molecule has 1 aliphatic carbocycles. The van der Waals surface area contributed by atoms with Crippen LogP contribution in [0.2, 0.25) is 5.15 Å². The summed E-state index contributed by atoms with van der Waals surface area (Å²) in [5.74, 6) is 0.715. The monoisotopic (exact) mass is 239 g/mol. The fraction of sp³-hybridized carbons (Fsp3) is 0.667. The molecule has 0 saturated heterocycles. The van der Waals surface area contributed by atoms with Crippen molar-refractivity contribution >= 4 is 17.4 Å². The lowest BCUT2D eigenvalue weighted by molar-refractivity contribution is 0.229. The van der Waals surface area contributed by atoms with Crippen LogP contribution in [0.4, 0.5) is 5.82 Å². The number of nitrogens with one attached hydrogen (secondary N) is 1. The highest BCUT2D eigenvalue weighted by atomic mass is 35.5. The molecule has 1 fully saturated rings. The van der Waals surface area contributed by atoms with E-state index in [1.807, 2.05) is 0 Å². The van der Waals surface area contributed by atoms with Crippen LogP contribution in [0.25, 0.3) is 0 Å². The maximum Gasteiger partial charge on any atom is 0.171 e. The first kappa shape index (κ1) is 11.6. The number of nitrogens with zero attached hydrogens (tertiary/aromatic N) is 2. The predicted molar refractivity (Wildman–Crippen MR) is 66.7 cm³/mol. The lowest BCUT2D eigenvalue weighted by Crippen LogP contribution is -2.32. The summed E-state index contributed by atoms with van der Waals surface area (Å²) in [7, 11) is 0. The third-order valence-electron chi connectivity index (χ3n) is 3.20. The standard InChI is InChI=1S/C12H18ClN3/c1-12(2)5-3-4-9(8-12)16-11-10(13)14-6-7-15-11/h6-7,9H,3-5,8H2,1-2H3,(H,15,16). The minimum atomic E-state index is 0.421. The molecular weight excluding hydrogens is 222 g/mol. The maximum atomic E-state index is 5.98. The van der Waals surface area contributed by atoms with Gasteiger partial charge in [0, 0.05) is 18.4 Å². The summed E-state index contributed by atoms with van der Waals surface area (Å²) in [6.07, 6.45) is 8.21. The highest BCUT2D eigenvalue weighted by Crippen LogP contribution is 2.36. The van der Waals surface area contributed by atoms with Crippen molar-refractivity contribution in [1.82, 2.24) is 9.97 Å². The van der Waals surface area contributed by atoms with Gasteiger partial charge in [-0.3, -0.25) is 0 Å². The molecule has 1 aromatic heterocycles. The van der Waals surface area contributed by atoms with Gasteiger partial charge < -0.3 is 5.32 Å². The average molecular weight is 240 g/mol. The molecule has 3 nitrogen and oxygen atoms in total. The number of hydrogen-bond donors (Lipinski definition) is 1. The van der Waals surface area contributed by atoms with Gasteiger partial charge in [-0.25, -0.2) is 9.97 Å². The van der Waals surface area contributed by atoms with E-state index < -0.39 is 0 Å². The third-order valence-corrected chi connectivity index (χ3v) is 3.48. The molecule has 1 heterocycles. The second-order valence-corrected chi connectivity index (χ2v) is 5.66. The van der Waals surface area contributed by atoms with Gasteiger partial charge in [-0.15, -0.1) is 0 Å². The molecule has 0 radical (unpaired) electrons. The molecule has 1 aromatic rings. The van der Waals surface area contributed by atoms with Crippen LogP contribution in [-0.4, -0.2) is 16.0 Å². The van der Waals surface area contributed by atoms with E-state index in [1.165, 1.54) is 25.7 Å². The Morgan fingerprint density at radius 3 is 2.81 bits per heavy atom. The van der Waals surface area contributed by atoms with Crippen molar-refractivity contribution in [2.75, 3.05) is 5.32 Å². The number of rotatable bonds is 2. The zero-order valence-electron chi connectivity index (χ0n) is 9.83. The van der Waals surface area contributed by atoms with Crippen molar-refractivity contribution in [2.45, 2.75) is 45.6 Å². The SMILES string of the molecule is CC1(C)CCCC(Nc2nccnc2Cl)C1. The first-order valence-electron chi connectivity index (χ1n) is 5.80. The molecule has 0 spiro atoms. The second kappa shape index (κ2) is 4.58. The van der Waals surface area contributed by atoms with Crippen molar-refractivity contribution in [3.8, 4) is 0 Å². The molecule has 0 amide bonds. The van der Waals surface area contributed by atoms with E-state index >= 15 is 0 Å². The summed E-state index contributed by atoms with van der Waals surface area (Å²) in [6, 6.07) is 0.470. The molecule has 4 heteroatoms. The van der Waals surface area contributed by atoms with Crippen molar-refractivity contribution in [2.24, 2.45) is 5.41 Å². The summed E-state index contributed by atoms with van der Waals surface area (Å²) in [6.45, 7) is 4.64. The van der Waals surface area contributed by atoms with Gasteiger partial charge in [0.2, 0.25) is 0 Å². The molecule has 2 rings (SSSR count). The van der Waals surface area contributed by atoms with Crippen LogP contribution in [0, 0.1) is 5.41 Å². The molecular formula is C12H18ClN3. The van der Waals surface area contributed by atoms with Gasteiger partial charge in [0.25, 0.3) is 0 Å². The molecule has 0 aliphatic heterocycles. The van der Waals surface area contributed by atoms with E-state index in [4.69, 9.17) is 11.6 Å². The Bertz CT molecular complexity index is 365. The minimum Gasteiger partial charge on any atom is -0.365 e. The largest absolute Gasteiger partial charge is 0.365 e. The number of halogens is 1. The zero-order chi connectivity index (χ0) is 11.6. The fourth-order valence-electron chi connectivity index (χ4n) is 2.43. The predicted octanol–water partition coefficient (Wildman–Crippen LogP) is 3.51. The Balaban J connectivity index is 2.02. The van der Waals surface area contributed by atoms with Gasteiger partial charge >= 0.3 is 0 Å². The highest BCUT2D eigenvalue weighted by Gasteiger charge is 2.28. The van der Waals surface area contributed by atoms with Crippen molar-refractivity contribution in [1.29, 1.82) is 0 Å². The minimum absolute atomic E-state index is 0.421. The van der Waals surface area contributed by atoms with Gasteiger partial charge in [0.1, 0.15) is 0 Å². The van der Waals surface area contributed by atoms with E-state index in [-0.39, 0.29) is 0 Å². The summed E-state index contributed by atoms with van der Waals surface area (Å²) in [5, 5.41) is 3.86. The Labute approximate surface area is 102 Å². The van der Waals surface area contributed by atoms with Crippen LogP contribution < -0.4 is 5.32 Å². The van der Waals surface area contributed by atoms with Gasteiger partial charge in [-0.05, 0) is 24.7 Å². The first-order chi connectivity index (χ1) is 7.57. The van der Waals surface area contributed by atoms with Crippen LogP contribution in [-0.2, 0) is 0 Å². The number of hydrogen-bond acceptors (Lipinski definition) is 3. The smallest absolute Gasteiger partial charge is 0.171 e. The molecule has 0 aromatic carbocycles. The zero-order valence-corrected chi connectivity index (χ0v) is 10.6. The molecule has 1 saturated carbocycles. The Hall–Kier alpha value is -0.830. The van der Waals surface area contributed by atoms with Crippen molar-refractivity contribution < 1.29 is 0 Å². The summed E-state index contributed by atoms with van der Waals surface area (Å²) in [4.78, 5) is 8.24. The summed E-state index contributed by atoms with van der Waals surface area (Å²) in [5.41, 5.74) is 0.421. The van der Waals surface area contributed by atoms with E-state index in [9.17, 15) is 0 Å². The molecule has 1 atom stereocenters. The molecule has 16 heavy (non-hydrogen) atoms. The first-order valence-corrected chi connectivity index (χ1v) is 6.18. The molecule has 88 valence electrons. The lowest BCUT2D eigenvalue weighted by Gasteiger charge is -2.35. The van der Waals surface area contributed by atoms with E-state index in [0.29, 0.717) is 22.4 Å². The molecule has 0 bridgehead atoms. The third kappa shape index (κ3) is 2.85. The molecule has 1 unspecified atom stereocenters. The van der Waals surface area contributed by atoms with Crippen LogP contribution in [0.15, 0.2) is 12.4 Å². The second-order valence-electron chi connectivity index (χ2n) is 5.30. The number of anilines is 1. The van der Waals surface area contributed by atoms with Gasteiger partial charge in [-0.2, -0.15) is 0 Å². The maximum absolute atomic E-state index is 5.98. The average Bonchev–Trinajstić information content (AvgIpc) is 2.20.